The summed E-state index contributed by atoms with van der Waals surface area (Å²) >= 11 is 1.33. The largest absolute Gasteiger partial charge is 0.344 e. The Balaban J connectivity index is 1.78. The molecular weight excluding hydrogens is 274 g/mol. The Morgan fingerprint density at radius 1 is 1.40 bits per heavy atom. The molecule has 1 aromatic carbocycles. The van der Waals surface area contributed by atoms with Gasteiger partial charge >= 0.3 is 5.69 Å². The second-order valence-electron chi connectivity index (χ2n) is 4.90. The van der Waals surface area contributed by atoms with Gasteiger partial charge in [0.05, 0.1) is 5.25 Å². The Morgan fingerprint density at radius 2 is 2.10 bits per heavy atom. The second kappa shape index (κ2) is 5.28. The molecule has 20 heavy (non-hydrogen) atoms. The first kappa shape index (κ1) is 13.2. The summed E-state index contributed by atoms with van der Waals surface area (Å²) in [5.74, 6) is 0.0494. The Labute approximate surface area is 120 Å². The summed E-state index contributed by atoms with van der Waals surface area (Å²) in [5, 5.41) is 6.83. The average molecular weight is 289 g/mol. The van der Waals surface area contributed by atoms with Crippen LogP contribution < -0.4 is 5.69 Å². The Hall–Kier alpha value is -1.82. The summed E-state index contributed by atoms with van der Waals surface area (Å²) in [7, 11) is 0. The number of aromatic nitrogens is 3. The van der Waals surface area contributed by atoms with Crippen molar-refractivity contribution in [3.63, 3.8) is 0 Å². The first-order chi connectivity index (χ1) is 9.66. The summed E-state index contributed by atoms with van der Waals surface area (Å²) in [5.41, 5.74) is 0.498. The highest BCUT2D eigenvalue weighted by Gasteiger charge is 2.30. The maximum absolute atomic E-state index is 12.3. The molecule has 1 aromatic heterocycles. The van der Waals surface area contributed by atoms with Crippen molar-refractivity contribution in [3.8, 4) is 0 Å². The molecular formula is C14H15N3O2S. The van der Waals surface area contributed by atoms with Crippen molar-refractivity contribution in [2.24, 2.45) is 0 Å². The fourth-order valence-electron chi connectivity index (χ4n) is 2.08. The van der Waals surface area contributed by atoms with Gasteiger partial charge in [0, 0.05) is 11.6 Å². The third-order valence-electron chi connectivity index (χ3n) is 3.29. The van der Waals surface area contributed by atoms with Crippen molar-refractivity contribution >= 4 is 17.5 Å². The Kier molecular flexibility index (Phi) is 3.48. The number of benzene rings is 1. The number of H-pyrrole nitrogens is 1. The van der Waals surface area contributed by atoms with Crippen LogP contribution in [-0.4, -0.2) is 25.8 Å². The van der Waals surface area contributed by atoms with E-state index >= 15 is 0 Å². The van der Waals surface area contributed by atoms with E-state index in [2.05, 4.69) is 10.2 Å². The topological polar surface area (TPSA) is 67.8 Å². The molecule has 0 bridgehead atoms. The molecule has 0 radical (unpaired) electrons. The molecule has 0 saturated heterocycles. The Bertz CT molecular complexity index is 673. The van der Waals surface area contributed by atoms with E-state index in [-0.39, 0.29) is 22.8 Å². The lowest BCUT2D eigenvalue weighted by Gasteiger charge is -2.10. The molecule has 1 heterocycles. The van der Waals surface area contributed by atoms with Gasteiger partial charge in [-0.3, -0.25) is 9.36 Å². The van der Waals surface area contributed by atoms with Gasteiger partial charge in [-0.15, -0.1) is 5.10 Å². The number of hydrogen-bond donors (Lipinski definition) is 1. The van der Waals surface area contributed by atoms with E-state index in [9.17, 15) is 9.59 Å². The minimum atomic E-state index is -0.273. The molecule has 0 unspecified atom stereocenters. The fraction of sp³-hybridized carbons (Fsp3) is 0.357. The number of thioether (sulfide) groups is 1. The smallest absolute Gasteiger partial charge is 0.293 e. The van der Waals surface area contributed by atoms with E-state index in [1.165, 1.54) is 11.8 Å². The lowest BCUT2D eigenvalue weighted by Crippen LogP contribution is -2.18. The number of aromatic amines is 1. The number of rotatable bonds is 5. The van der Waals surface area contributed by atoms with Crippen molar-refractivity contribution < 1.29 is 4.79 Å². The normalized spacial score (nSPS) is 16.1. The van der Waals surface area contributed by atoms with Crippen LogP contribution in [0.15, 0.2) is 40.3 Å². The van der Waals surface area contributed by atoms with Gasteiger partial charge in [-0.2, -0.15) is 0 Å². The molecule has 104 valence electrons. The fourth-order valence-corrected chi connectivity index (χ4v) is 3.08. The predicted octanol–water partition coefficient (Wildman–Crippen LogP) is 2.27. The van der Waals surface area contributed by atoms with Crippen molar-refractivity contribution in [2.75, 3.05) is 0 Å². The van der Waals surface area contributed by atoms with Gasteiger partial charge in [0.2, 0.25) is 0 Å². The van der Waals surface area contributed by atoms with Gasteiger partial charge in [0.1, 0.15) is 0 Å². The molecule has 5 nitrogen and oxygen atoms in total. The third-order valence-corrected chi connectivity index (χ3v) is 4.36. The molecule has 2 aromatic rings. The van der Waals surface area contributed by atoms with Gasteiger partial charge in [0.25, 0.3) is 0 Å². The number of ketones is 1. The molecule has 1 aliphatic rings. The highest BCUT2D eigenvalue weighted by molar-refractivity contribution is 8.00. The van der Waals surface area contributed by atoms with Crippen LogP contribution in [0.4, 0.5) is 0 Å². The van der Waals surface area contributed by atoms with Crippen LogP contribution in [0.5, 0.6) is 0 Å². The lowest BCUT2D eigenvalue weighted by atomic mass is 10.1. The van der Waals surface area contributed by atoms with Crippen LogP contribution in [0.2, 0.25) is 0 Å². The minimum Gasteiger partial charge on any atom is -0.293 e. The maximum Gasteiger partial charge on any atom is 0.344 e. The molecule has 0 spiro atoms. The first-order valence-corrected chi connectivity index (χ1v) is 7.47. The minimum absolute atomic E-state index is 0.0494. The SMILES string of the molecule is C[C@H](Sc1n[nH]c(=O)n1C1CC1)C(=O)c1ccccc1. The summed E-state index contributed by atoms with van der Waals surface area (Å²) in [4.78, 5) is 24.0. The number of carbonyl (C=O) groups excluding carboxylic acids is 1. The number of hydrogen-bond acceptors (Lipinski definition) is 4. The van der Waals surface area contributed by atoms with E-state index in [0.29, 0.717) is 10.7 Å². The van der Waals surface area contributed by atoms with Gasteiger partial charge in [-0.05, 0) is 19.8 Å². The number of carbonyl (C=O) groups is 1. The quantitative estimate of drug-likeness (QED) is 0.677. The van der Waals surface area contributed by atoms with Crippen molar-refractivity contribution in [1.29, 1.82) is 0 Å². The van der Waals surface area contributed by atoms with Gasteiger partial charge in [-0.1, -0.05) is 42.1 Å². The van der Waals surface area contributed by atoms with Gasteiger partial charge < -0.3 is 0 Å². The highest BCUT2D eigenvalue weighted by atomic mass is 32.2. The number of Topliss-reactive ketones (excluding diaryl/α,β-unsaturated/α-hetero) is 1. The van der Waals surface area contributed by atoms with Crippen LogP contribution in [-0.2, 0) is 0 Å². The number of nitrogens with one attached hydrogen (secondary N) is 1. The van der Waals surface area contributed by atoms with Gasteiger partial charge in [-0.25, -0.2) is 9.89 Å². The molecule has 1 fully saturated rings. The molecule has 1 saturated carbocycles. The standard InChI is InChI=1S/C14H15N3O2S/c1-9(12(18)10-5-3-2-4-6-10)20-14-16-15-13(19)17(14)11-7-8-11/h2-6,9,11H,7-8H2,1H3,(H,15,19)/t9-/m0/s1. The molecule has 3 rings (SSSR count). The lowest BCUT2D eigenvalue weighted by molar-refractivity contribution is 0.0994. The van der Waals surface area contributed by atoms with Crippen molar-refractivity contribution in [2.45, 2.75) is 36.2 Å². The summed E-state index contributed by atoms with van der Waals surface area (Å²) in [6, 6.07) is 9.43. The summed E-state index contributed by atoms with van der Waals surface area (Å²) in [6.07, 6.45) is 2.02. The predicted molar refractivity (Wildman–Crippen MR) is 77.2 cm³/mol. The van der Waals surface area contributed by atoms with E-state index in [1.807, 2.05) is 25.1 Å². The zero-order chi connectivity index (χ0) is 14.1. The van der Waals surface area contributed by atoms with E-state index < -0.39 is 0 Å². The average Bonchev–Trinajstić information content (AvgIpc) is 3.24. The first-order valence-electron chi connectivity index (χ1n) is 6.59. The monoisotopic (exact) mass is 289 g/mol. The van der Waals surface area contributed by atoms with E-state index in [0.717, 1.165) is 12.8 Å². The molecule has 6 heteroatoms. The van der Waals surface area contributed by atoms with Crippen LogP contribution in [0, 0.1) is 0 Å². The third kappa shape index (κ3) is 2.56. The van der Waals surface area contributed by atoms with Gasteiger partial charge in [0.15, 0.2) is 10.9 Å². The molecule has 1 aliphatic carbocycles. The van der Waals surface area contributed by atoms with Crippen LogP contribution in [0.25, 0.3) is 0 Å². The molecule has 0 aliphatic heterocycles. The van der Waals surface area contributed by atoms with Crippen LogP contribution in [0.1, 0.15) is 36.2 Å². The van der Waals surface area contributed by atoms with Crippen molar-refractivity contribution in [3.05, 3.63) is 46.4 Å². The Morgan fingerprint density at radius 3 is 2.75 bits per heavy atom. The highest BCUT2D eigenvalue weighted by Crippen LogP contribution is 2.37. The molecule has 1 atom stereocenters. The molecule has 1 N–H and O–H groups in total. The van der Waals surface area contributed by atoms with E-state index in [4.69, 9.17) is 0 Å². The summed E-state index contributed by atoms with van der Waals surface area (Å²) < 4.78 is 1.67. The number of nitrogens with zero attached hydrogens (tertiary/aromatic N) is 2. The summed E-state index contributed by atoms with van der Waals surface area (Å²) in [6.45, 7) is 1.84. The van der Waals surface area contributed by atoms with Crippen LogP contribution >= 0.6 is 11.8 Å². The maximum atomic E-state index is 12.3. The van der Waals surface area contributed by atoms with Crippen molar-refractivity contribution in [1.82, 2.24) is 14.8 Å². The zero-order valence-electron chi connectivity index (χ0n) is 11.1. The zero-order valence-corrected chi connectivity index (χ0v) is 11.9. The van der Waals surface area contributed by atoms with Crippen LogP contribution in [0.3, 0.4) is 0 Å². The molecule has 0 amide bonds. The second-order valence-corrected chi connectivity index (χ2v) is 6.21. The van der Waals surface area contributed by atoms with E-state index in [1.54, 1.807) is 16.7 Å².